The Bertz CT molecular complexity index is 387. The van der Waals surface area contributed by atoms with E-state index in [1.165, 1.54) is 0 Å². The number of hydrogen-bond acceptors (Lipinski definition) is 4. The van der Waals surface area contributed by atoms with Crippen LogP contribution < -0.4 is 4.90 Å². The number of aromatic nitrogens is 2. The summed E-state index contributed by atoms with van der Waals surface area (Å²) >= 11 is 0. The molecule has 0 saturated carbocycles. The Hall–Kier alpha value is -1.16. The van der Waals surface area contributed by atoms with Crippen molar-refractivity contribution >= 4 is 5.82 Å². The molecular weight excluding hydrogens is 224 g/mol. The predicted octanol–water partition coefficient (Wildman–Crippen LogP) is 1.81. The van der Waals surface area contributed by atoms with Gasteiger partial charge in [0.2, 0.25) is 0 Å². The highest BCUT2D eigenvalue weighted by Gasteiger charge is 2.36. The molecule has 100 valence electrons. The average molecular weight is 248 g/mol. The summed E-state index contributed by atoms with van der Waals surface area (Å²) in [6.45, 7) is 8.80. The summed E-state index contributed by atoms with van der Waals surface area (Å²) in [6, 6.07) is 0.603. The van der Waals surface area contributed by atoms with Crippen LogP contribution in [0.1, 0.15) is 19.5 Å². The summed E-state index contributed by atoms with van der Waals surface area (Å²) in [7, 11) is 4.35. The van der Waals surface area contributed by atoms with E-state index in [1.807, 2.05) is 6.92 Å². The fourth-order valence-electron chi connectivity index (χ4n) is 2.90. The van der Waals surface area contributed by atoms with Gasteiger partial charge in [0.05, 0.1) is 5.69 Å². The van der Waals surface area contributed by atoms with E-state index in [0.717, 1.165) is 24.6 Å². The Labute approximate surface area is 110 Å². The van der Waals surface area contributed by atoms with Crippen LogP contribution >= 0.6 is 0 Å². The van der Waals surface area contributed by atoms with Crippen LogP contribution in [-0.2, 0) is 0 Å². The van der Waals surface area contributed by atoms with E-state index in [-0.39, 0.29) is 0 Å². The van der Waals surface area contributed by atoms with Crippen LogP contribution in [0.5, 0.6) is 0 Å². The zero-order valence-corrected chi connectivity index (χ0v) is 12.1. The van der Waals surface area contributed by atoms with Gasteiger partial charge < -0.3 is 9.80 Å². The fourth-order valence-corrected chi connectivity index (χ4v) is 2.90. The Morgan fingerprint density at radius 1 is 1.22 bits per heavy atom. The zero-order valence-electron chi connectivity index (χ0n) is 12.1. The summed E-state index contributed by atoms with van der Waals surface area (Å²) in [4.78, 5) is 13.6. The number of likely N-dealkylation sites (N-methyl/N-ethyl adjacent to an activating group) is 1. The molecule has 0 unspecified atom stereocenters. The van der Waals surface area contributed by atoms with Gasteiger partial charge in [0, 0.05) is 31.5 Å². The van der Waals surface area contributed by atoms with Gasteiger partial charge in [0.25, 0.3) is 0 Å². The molecule has 0 N–H and O–H groups in total. The maximum Gasteiger partial charge on any atom is 0.150 e. The van der Waals surface area contributed by atoms with E-state index >= 15 is 0 Å². The van der Waals surface area contributed by atoms with Crippen molar-refractivity contribution in [1.29, 1.82) is 0 Å². The molecule has 0 bridgehead atoms. The number of anilines is 1. The second-order valence-electron chi connectivity index (χ2n) is 5.81. The third-order valence-electron chi connectivity index (χ3n) is 4.01. The monoisotopic (exact) mass is 248 g/mol. The van der Waals surface area contributed by atoms with Crippen LogP contribution in [0, 0.1) is 18.8 Å². The highest BCUT2D eigenvalue weighted by molar-refractivity contribution is 5.44. The third-order valence-corrected chi connectivity index (χ3v) is 4.01. The Morgan fingerprint density at radius 3 is 2.39 bits per heavy atom. The van der Waals surface area contributed by atoms with Gasteiger partial charge in [-0.2, -0.15) is 0 Å². The normalized spacial score (nSPS) is 24.3. The van der Waals surface area contributed by atoms with Crippen molar-refractivity contribution in [3.63, 3.8) is 0 Å². The number of rotatable bonds is 3. The van der Waals surface area contributed by atoms with Crippen molar-refractivity contribution in [3.05, 3.63) is 18.1 Å². The first-order valence-electron chi connectivity index (χ1n) is 6.69. The van der Waals surface area contributed by atoms with E-state index in [1.54, 1.807) is 12.4 Å². The Morgan fingerprint density at radius 2 is 1.89 bits per heavy atom. The van der Waals surface area contributed by atoms with Crippen LogP contribution in [-0.4, -0.2) is 48.1 Å². The second-order valence-corrected chi connectivity index (χ2v) is 5.81. The molecule has 0 aromatic carbocycles. The molecular formula is C14H24N4. The third kappa shape index (κ3) is 2.48. The lowest BCUT2D eigenvalue weighted by atomic mass is 9.91. The first kappa shape index (κ1) is 13.3. The highest BCUT2D eigenvalue weighted by Crippen LogP contribution is 2.30. The second kappa shape index (κ2) is 5.22. The molecule has 1 fully saturated rings. The molecule has 0 spiro atoms. The lowest BCUT2D eigenvalue weighted by Gasteiger charge is -2.27. The van der Waals surface area contributed by atoms with Crippen LogP contribution in [0.2, 0.25) is 0 Å². The largest absolute Gasteiger partial charge is 0.353 e. The molecule has 0 aliphatic carbocycles. The molecule has 0 radical (unpaired) electrons. The molecule has 2 heterocycles. The van der Waals surface area contributed by atoms with E-state index < -0.39 is 0 Å². The minimum atomic E-state index is 0.603. The van der Waals surface area contributed by atoms with Crippen molar-refractivity contribution in [3.8, 4) is 0 Å². The quantitative estimate of drug-likeness (QED) is 0.816. The highest BCUT2D eigenvalue weighted by atomic mass is 15.3. The van der Waals surface area contributed by atoms with Crippen molar-refractivity contribution in [2.45, 2.75) is 26.8 Å². The van der Waals surface area contributed by atoms with Crippen molar-refractivity contribution in [1.82, 2.24) is 14.9 Å². The van der Waals surface area contributed by atoms with Gasteiger partial charge in [-0.3, -0.25) is 4.98 Å². The Balaban J connectivity index is 2.21. The standard InChI is InChI=1S/C14H24N4/c1-10(2)12-8-18(9-13(12)17(4)5)14-11(3)15-6-7-16-14/h6-7,10,12-13H,8-9H2,1-5H3/t12-,13+/m1/s1. The van der Waals surface area contributed by atoms with Crippen molar-refractivity contribution < 1.29 is 0 Å². The SMILES string of the molecule is Cc1nccnc1N1C[C@H](C(C)C)[C@@H](N(C)C)C1. The minimum absolute atomic E-state index is 0.603. The number of hydrogen-bond donors (Lipinski definition) is 0. The molecule has 4 nitrogen and oxygen atoms in total. The minimum Gasteiger partial charge on any atom is -0.353 e. The first-order chi connectivity index (χ1) is 8.50. The zero-order chi connectivity index (χ0) is 13.3. The smallest absolute Gasteiger partial charge is 0.150 e. The number of nitrogens with zero attached hydrogens (tertiary/aromatic N) is 4. The van der Waals surface area contributed by atoms with Crippen molar-refractivity contribution in [2.24, 2.45) is 11.8 Å². The van der Waals surface area contributed by atoms with Gasteiger partial charge in [0.15, 0.2) is 0 Å². The molecule has 1 aliphatic rings. The van der Waals surface area contributed by atoms with Gasteiger partial charge >= 0.3 is 0 Å². The van der Waals surface area contributed by atoms with E-state index in [9.17, 15) is 0 Å². The molecule has 1 aromatic rings. The molecule has 18 heavy (non-hydrogen) atoms. The van der Waals surface area contributed by atoms with Gasteiger partial charge in [-0.15, -0.1) is 0 Å². The lowest BCUT2D eigenvalue weighted by Crippen LogP contribution is -2.37. The maximum absolute atomic E-state index is 4.49. The Kier molecular flexibility index (Phi) is 3.85. The van der Waals surface area contributed by atoms with E-state index in [4.69, 9.17) is 0 Å². The van der Waals surface area contributed by atoms with Gasteiger partial charge in [-0.1, -0.05) is 13.8 Å². The van der Waals surface area contributed by atoms with Crippen molar-refractivity contribution in [2.75, 3.05) is 32.1 Å². The van der Waals surface area contributed by atoms with Crippen LogP contribution in [0.25, 0.3) is 0 Å². The summed E-state index contributed by atoms with van der Waals surface area (Å²) in [5.74, 6) is 2.44. The molecule has 0 amide bonds. The predicted molar refractivity (Wildman–Crippen MR) is 74.8 cm³/mol. The maximum atomic E-state index is 4.49. The van der Waals surface area contributed by atoms with E-state index in [2.05, 4.69) is 47.7 Å². The lowest BCUT2D eigenvalue weighted by molar-refractivity contribution is 0.216. The summed E-state index contributed by atoms with van der Waals surface area (Å²) in [6.07, 6.45) is 3.55. The molecule has 1 saturated heterocycles. The van der Waals surface area contributed by atoms with Gasteiger partial charge in [-0.25, -0.2) is 4.98 Å². The van der Waals surface area contributed by atoms with E-state index in [0.29, 0.717) is 17.9 Å². The first-order valence-corrected chi connectivity index (χ1v) is 6.69. The van der Waals surface area contributed by atoms with Crippen LogP contribution in [0.3, 0.4) is 0 Å². The fraction of sp³-hybridized carbons (Fsp3) is 0.714. The molecule has 1 aliphatic heterocycles. The molecule has 1 aromatic heterocycles. The molecule has 2 rings (SSSR count). The van der Waals surface area contributed by atoms with Gasteiger partial charge in [0.1, 0.15) is 5.82 Å². The topological polar surface area (TPSA) is 32.3 Å². The summed E-state index contributed by atoms with van der Waals surface area (Å²) < 4.78 is 0. The van der Waals surface area contributed by atoms with Crippen LogP contribution in [0.15, 0.2) is 12.4 Å². The molecule has 4 heteroatoms. The van der Waals surface area contributed by atoms with Crippen LogP contribution in [0.4, 0.5) is 5.82 Å². The molecule has 2 atom stereocenters. The summed E-state index contributed by atoms with van der Waals surface area (Å²) in [5, 5.41) is 0. The number of aryl methyl sites for hydroxylation is 1. The summed E-state index contributed by atoms with van der Waals surface area (Å²) in [5.41, 5.74) is 1.03. The average Bonchev–Trinajstić information content (AvgIpc) is 2.74. The van der Waals surface area contributed by atoms with Gasteiger partial charge in [-0.05, 0) is 32.9 Å².